The first-order valence-electron chi connectivity index (χ1n) is 6.86. The van der Waals surface area contributed by atoms with Gasteiger partial charge in [0.05, 0.1) is 21.5 Å². The van der Waals surface area contributed by atoms with Crippen molar-refractivity contribution in [3.63, 3.8) is 0 Å². The van der Waals surface area contributed by atoms with Crippen LogP contribution in [0.2, 0.25) is 5.02 Å². The molecule has 0 saturated heterocycles. The fourth-order valence-corrected chi connectivity index (χ4v) is 2.44. The largest absolute Gasteiger partial charge is 0.309 e. The van der Waals surface area contributed by atoms with Crippen molar-refractivity contribution in [1.29, 1.82) is 0 Å². The van der Waals surface area contributed by atoms with Crippen molar-refractivity contribution >= 4 is 34.6 Å². The molecule has 1 amide bonds. The van der Waals surface area contributed by atoms with E-state index in [1.165, 1.54) is 4.90 Å². The van der Waals surface area contributed by atoms with Gasteiger partial charge in [-0.05, 0) is 19.1 Å². The normalized spacial score (nSPS) is 10.2. The predicted octanol–water partition coefficient (Wildman–Crippen LogP) is 3.82. The maximum atomic E-state index is 12.7. The number of hydrogen-bond donors (Lipinski definition) is 0. The van der Waals surface area contributed by atoms with Crippen LogP contribution in [0.4, 0.5) is 17.1 Å². The fourth-order valence-electron chi connectivity index (χ4n) is 2.18. The zero-order valence-corrected chi connectivity index (χ0v) is 13.3. The van der Waals surface area contributed by atoms with Crippen LogP contribution >= 0.6 is 11.6 Å². The van der Waals surface area contributed by atoms with Gasteiger partial charge in [0.15, 0.2) is 0 Å². The summed E-state index contributed by atoms with van der Waals surface area (Å²) in [7, 11) is 0. The van der Waals surface area contributed by atoms with Crippen molar-refractivity contribution in [2.45, 2.75) is 6.92 Å². The summed E-state index contributed by atoms with van der Waals surface area (Å²) in [6.45, 7) is 1.97. The summed E-state index contributed by atoms with van der Waals surface area (Å²) in [5, 5.41) is 21.6. The number of carbonyl (C=O) groups is 1. The minimum absolute atomic E-state index is 0.260. The molecule has 0 bridgehead atoms. The fraction of sp³-hybridized carbons (Fsp3) is 0.133. The van der Waals surface area contributed by atoms with Gasteiger partial charge in [0, 0.05) is 18.3 Å². The van der Waals surface area contributed by atoms with Crippen molar-refractivity contribution in [3.8, 4) is 0 Å². The van der Waals surface area contributed by atoms with E-state index in [9.17, 15) is 25.0 Å². The summed E-state index contributed by atoms with van der Waals surface area (Å²) >= 11 is 5.95. The number of nitrogens with zero attached hydrogens (tertiary/aromatic N) is 3. The summed E-state index contributed by atoms with van der Waals surface area (Å²) in [4.78, 5) is 34.4. The molecule has 0 N–H and O–H groups in total. The van der Waals surface area contributed by atoms with E-state index in [0.717, 1.165) is 12.1 Å². The Morgan fingerprint density at radius 1 is 1.12 bits per heavy atom. The number of halogens is 1. The molecule has 124 valence electrons. The molecule has 0 saturated carbocycles. The number of nitro benzene ring substituents is 2. The summed E-state index contributed by atoms with van der Waals surface area (Å²) in [6, 6.07) is 10.3. The molecule has 0 unspecified atom stereocenters. The Morgan fingerprint density at radius 3 is 2.25 bits per heavy atom. The Balaban J connectivity index is 2.59. The Kier molecular flexibility index (Phi) is 5.10. The van der Waals surface area contributed by atoms with Gasteiger partial charge < -0.3 is 4.90 Å². The van der Waals surface area contributed by atoms with Gasteiger partial charge in [0.2, 0.25) is 0 Å². The van der Waals surface area contributed by atoms with Crippen molar-refractivity contribution in [2.75, 3.05) is 11.4 Å². The lowest BCUT2D eigenvalue weighted by Crippen LogP contribution is -2.31. The zero-order valence-electron chi connectivity index (χ0n) is 12.5. The van der Waals surface area contributed by atoms with Gasteiger partial charge in [-0.2, -0.15) is 0 Å². The number of carbonyl (C=O) groups excluding carboxylic acids is 1. The standard InChI is InChI=1S/C15H12ClN3O5/c1-2-17(10-6-4-3-5-7-10)15(20)12-8-11(18(21)22)9-13(14(12)16)19(23)24/h3-9H,2H2,1H3. The molecule has 0 aliphatic carbocycles. The van der Waals surface area contributed by atoms with Crippen molar-refractivity contribution in [1.82, 2.24) is 0 Å². The Hall–Kier alpha value is -3.00. The average Bonchev–Trinajstić information content (AvgIpc) is 2.56. The number of rotatable bonds is 5. The molecule has 2 rings (SSSR count). The number of anilines is 1. The molecule has 0 aromatic heterocycles. The lowest BCUT2D eigenvalue weighted by molar-refractivity contribution is -0.394. The average molecular weight is 350 g/mol. The number of benzene rings is 2. The van der Waals surface area contributed by atoms with Gasteiger partial charge in [-0.15, -0.1) is 0 Å². The number of hydrogen-bond acceptors (Lipinski definition) is 5. The Bertz CT molecular complexity index is 810. The van der Waals surface area contributed by atoms with Gasteiger partial charge in [-0.25, -0.2) is 0 Å². The smallest absolute Gasteiger partial charge is 0.295 e. The van der Waals surface area contributed by atoms with Crippen LogP contribution in [0.25, 0.3) is 0 Å². The second-order valence-corrected chi connectivity index (χ2v) is 5.10. The molecule has 2 aromatic rings. The first-order valence-corrected chi connectivity index (χ1v) is 7.23. The van der Waals surface area contributed by atoms with Crippen LogP contribution in [-0.2, 0) is 0 Å². The van der Waals surface area contributed by atoms with Gasteiger partial charge in [0.25, 0.3) is 17.3 Å². The monoisotopic (exact) mass is 349 g/mol. The molecule has 24 heavy (non-hydrogen) atoms. The zero-order chi connectivity index (χ0) is 17.9. The topological polar surface area (TPSA) is 107 Å². The first-order chi connectivity index (χ1) is 11.4. The molecule has 0 fully saturated rings. The molecule has 0 radical (unpaired) electrons. The Morgan fingerprint density at radius 2 is 1.75 bits per heavy atom. The molecular weight excluding hydrogens is 338 g/mol. The summed E-state index contributed by atoms with van der Waals surface area (Å²) in [6.07, 6.45) is 0. The van der Waals surface area contributed by atoms with Crippen LogP contribution in [0.15, 0.2) is 42.5 Å². The summed E-state index contributed by atoms with van der Waals surface area (Å²) in [5.41, 5.74) is -0.990. The van der Waals surface area contributed by atoms with E-state index in [4.69, 9.17) is 11.6 Å². The van der Waals surface area contributed by atoms with E-state index in [0.29, 0.717) is 5.69 Å². The number of nitro groups is 2. The second kappa shape index (κ2) is 7.05. The van der Waals surface area contributed by atoms with Gasteiger partial charge in [-0.1, -0.05) is 29.8 Å². The molecule has 0 aliphatic heterocycles. The minimum atomic E-state index is -0.856. The van der Waals surface area contributed by atoms with Crippen LogP contribution in [0.5, 0.6) is 0 Å². The highest BCUT2D eigenvalue weighted by molar-refractivity contribution is 6.36. The molecule has 2 aromatic carbocycles. The maximum absolute atomic E-state index is 12.7. The van der Waals surface area contributed by atoms with Crippen LogP contribution < -0.4 is 4.90 Å². The third kappa shape index (κ3) is 3.33. The third-order valence-corrected chi connectivity index (χ3v) is 3.70. The lowest BCUT2D eigenvalue weighted by Gasteiger charge is -2.21. The van der Waals surface area contributed by atoms with E-state index in [1.54, 1.807) is 37.3 Å². The van der Waals surface area contributed by atoms with E-state index in [2.05, 4.69) is 0 Å². The highest BCUT2D eigenvalue weighted by atomic mass is 35.5. The lowest BCUT2D eigenvalue weighted by atomic mass is 10.1. The summed E-state index contributed by atoms with van der Waals surface area (Å²) in [5.74, 6) is -0.652. The van der Waals surface area contributed by atoms with Gasteiger partial charge >= 0.3 is 0 Å². The highest BCUT2D eigenvalue weighted by Crippen LogP contribution is 2.34. The Labute approximate surface area is 141 Å². The number of para-hydroxylation sites is 1. The molecule has 0 atom stereocenters. The molecule has 0 spiro atoms. The van der Waals surface area contributed by atoms with E-state index < -0.39 is 32.2 Å². The molecular formula is C15H12ClN3O5. The molecule has 0 heterocycles. The van der Waals surface area contributed by atoms with Crippen LogP contribution in [0.1, 0.15) is 17.3 Å². The van der Waals surface area contributed by atoms with Gasteiger partial charge in [-0.3, -0.25) is 25.0 Å². The molecule has 0 aliphatic rings. The highest BCUT2D eigenvalue weighted by Gasteiger charge is 2.28. The van der Waals surface area contributed by atoms with Gasteiger partial charge in [0.1, 0.15) is 5.02 Å². The molecule has 9 heteroatoms. The number of amides is 1. The quantitative estimate of drug-likeness (QED) is 0.602. The van der Waals surface area contributed by atoms with E-state index >= 15 is 0 Å². The van der Waals surface area contributed by atoms with Crippen LogP contribution in [0.3, 0.4) is 0 Å². The van der Waals surface area contributed by atoms with Crippen molar-refractivity contribution in [3.05, 3.63) is 73.3 Å². The molecule has 8 nitrogen and oxygen atoms in total. The maximum Gasteiger partial charge on any atom is 0.295 e. The van der Waals surface area contributed by atoms with Crippen molar-refractivity contribution in [2.24, 2.45) is 0 Å². The predicted molar refractivity (Wildman–Crippen MR) is 88.6 cm³/mol. The third-order valence-electron chi connectivity index (χ3n) is 3.31. The summed E-state index contributed by atoms with van der Waals surface area (Å²) < 4.78 is 0. The first kappa shape index (κ1) is 17.4. The van der Waals surface area contributed by atoms with Crippen LogP contribution in [-0.4, -0.2) is 22.3 Å². The minimum Gasteiger partial charge on any atom is -0.309 e. The van der Waals surface area contributed by atoms with Crippen molar-refractivity contribution < 1.29 is 14.6 Å². The number of non-ortho nitro benzene ring substituents is 1. The van der Waals surface area contributed by atoms with E-state index in [-0.39, 0.29) is 12.1 Å². The van der Waals surface area contributed by atoms with E-state index in [1.807, 2.05) is 0 Å². The van der Waals surface area contributed by atoms with Crippen LogP contribution in [0, 0.1) is 20.2 Å². The second-order valence-electron chi connectivity index (χ2n) is 4.73. The SMILES string of the molecule is CCN(C(=O)c1cc([N+](=O)[O-])cc([N+](=O)[O-])c1Cl)c1ccccc1.